The van der Waals surface area contributed by atoms with Crippen LogP contribution in [0.2, 0.25) is 0 Å². The molecule has 0 aliphatic heterocycles. The van der Waals surface area contributed by atoms with Gasteiger partial charge in [-0.1, -0.05) is 48.2 Å². The molecule has 0 aliphatic rings. The number of carbonyl (C=O) groups excluding carboxylic acids is 1. The molecule has 0 unspecified atom stereocenters. The van der Waals surface area contributed by atoms with Crippen LogP contribution >= 0.6 is 11.8 Å². The molecule has 2 aromatic heterocycles. The van der Waals surface area contributed by atoms with Crippen molar-refractivity contribution >= 4 is 23.4 Å². The third-order valence-corrected chi connectivity index (χ3v) is 5.64. The normalized spacial score (nSPS) is 11.8. The number of thioether (sulfide) groups is 1. The summed E-state index contributed by atoms with van der Waals surface area (Å²) in [7, 11) is 0. The number of nitrogens with one attached hydrogen (secondary N) is 1. The van der Waals surface area contributed by atoms with Crippen LogP contribution in [0.5, 0.6) is 0 Å². The molecule has 0 saturated heterocycles. The van der Waals surface area contributed by atoms with Crippen LogP contribution < -0.4 is 5.32 Å². The van der Waals surface area contributed by atoms with Gasteiger partial charge in [-0.15, -0.1) is 10.2 Å². The first-order valence-corrected chi connectivity index (χ1v) is 10.5. The summed E-state index contributed by atoms with van der Waals surface area (Å²) >= 11 is 1.37. The van der Waals surface area contributed by atoms with Crippen molar-refractivity contribution in [1.82, 2.24) is 19.7 Å². The predicted molar refractivity (Wildman–Crippen MR) is 120 cm³/mol. The molecule has 0 fully saturated rings. The topological polar surface area (TPSA) is 72.7 Å². The van der Waals surface area contributed by atoms with Crippen LogP contribution in [0.1, 0.15) is 12.5 Å². The molecule has 30 heavy (non-hydrogen) atoms. The van der Waals surface area contributed by atoms with Crippen molar-refractivity contribution < 1.29 is 4.79 Å². The summed E-state index contributed by atoms with van der Waals surface area (Å²) in [4.78, 5) is 16.9. The number of aryl methyl sites for hydroxylation is 1. The zero-order chi connectivity index (χ0) is 20.9. The fourth-order valence-corrected chi connectivity index (χ4v) is 3.90. The highest BCUT2D eigenvalue weighted by Gasteiger charge is 2.22. The zero-order valence-corrected chi connectivity index (χ0v) is 17.5. The number of benzene rings is 2. The van der Waals surface area contributed by atoms with Crippen molar-refractivity contribution in [3.8, 4) is 17.1 Å². The summed E-state index contributed by atoms with van der Waals surface area (Å²) in [5.74, 6) is 0.601. The molecular formula is C23H21N5OS. The quantitative estimate of drug-likeness (QED) is 0.460. The van der Waals surface area contributed by atoms with Gasteiger partial charge in [0.05, 0.1) is 10.9 Å². The van der Waals surface area contributed by atoms with Gasteiger partial charge in [0.1, 0.15) is 0 Å². The summed E-state index contributed by atoms with van der Waals surface area (Å²) in [5.41, 5.74) is 3.69. The first kappa shape index (κ1) is 19.8. The number of para-hydroxylation sites is 2. The van der Waals surface area contributed by atoms with Crippen molar-refractivity contribution in [1.29, 1.82) is 0 Å². The maximum absolute atomic E-state index is 12.7. The van der Waals surface area contributed by atoms with Crippen molar-refractivity contribution in [2.45, 2.75) is 24.3 Å². The van der Waals surface area contributed by atoms with E-state index < -0.39 is 0 Å². The second-order valence-electron chi connectivity index (χ2n) is 6.79. The monoisotopic (exact) mass is 415 g/mol. The molecule has 2 heterocycles. The zero-order valence-electron chi connectivity index (χ0n) is 16.7. The number of aromatic nitrogens is 4. The number of carbonyl (C=O) groups is 1. The number of rotatable bonds is 6. The van der Waals surface area contributed by atoms with E-state index in [0.717, 1.165) is 22.5 Å². The van der Waals surface area contributed by atoms with Crippen molar-refractivity contribution in [2.24, 2.45) is 0 Å². The Morgan fingerprint density at radius 2 is 1.77 bits per heavy atom. The van der Waals surface area contributed by atoms with Crippen molar-refractivity contribution in [3.05, 3.63) is 84.7 Å². The highest BCUT2D eigenvalue weighted by molar-refractivity contribution is 8.00. The summed E-state index contributed by atoms with van der Waals surface area (Å²) in [6.45, 7) is 3.91. The smallest absolute Gasteiger partial charge is 0.237 e. The maximum atomic E-state index is 12.7. The van der Waals surface area contributed by atoms with Gasteiger partial charge < -0.3 is 5.32 Å². The first-order chi connectivity index (χ1) is 14.6. The van der Waals surface area contributed by atoms with Crippen LogP contribution in [-0.4, -0.2) is 30.9 Å². The highest BCUT2D eigenvalue weighted by Crippen LogP contribution is 2.31. The second kappa shape index (κ2) is 8.92. The third kappa shape index (κ3) is 4.26. The molecule has 6 nitrogen and oxygen atoms in total. The summed E-state index contributed by atoms with van der Waals surface area (Å²) in [6, 6.07) is 21.3. The predicted octanol–water partition coefficient (Wildman–Crippen LogP) is 4.76. The van der Waals surface area contributed by atoms with Crippen molar-refractivity contribution in [2.75, 3.05) is 5.32 Å². The van der Waals surface area contributed by atoms with Crippen LogP contribution in [-0.2, 0) is 4.79 Å². The molecule has 0 bridgehead atoms. The lowest BCUT2D eigenvalue weighted by atomic mass is 10.2. The van der Waals surface area contributed by atoms with E-state index >= 15 is 0 Å². The fraction of sp³-hybridized carbons (Fsp3) is 0.130. The van der Waals surface area contributed by atoms with Gasteiger partial charge in [0.15, 0.2) is 11.0 Å². The Morgan fingerprint density at radius 3 is 2.50 bits per heavy atom. The number of amides is 1. The molecule has 4 aromatic rings. The number of pyridine rings is 1. The standard InChI is InChI=1S/C23H21N5OS/c1-16-9-6-7-13-20(16)28-21(18-10-8-14-24-15-18)26-27-23(28)30-17(2)22(29)25-19-11-4-3-5-12-19/h3-15,17H,1-2H3,(H,25,29)/t17-/m0/s1. The van der Waals surface area contributed by atoms with Gasteiger partial charge in [0, 0.05) is 23.6 Å². The minimum atomic E-state index is -0.362. The van der Waals surface area contributed by atoms with Crippen molar-refractivity contribution in [3.63, 3.8) is 0 Å². The lowest BCUT2D eigenvalue weighted by Crippen LogP contribution is -2.22. The molecular weight excluding hydrogens is 394 g/mol. The van der Waals surface area contributed by atoms with Gasteiger partial charge in [-0.3, -0.25) is 14.3 Å². The molecule has 0 radical (unpaired) electrons. The molecule has 7 heteroatoms. The van der Waals surface area contributed by atoms with Crippen LogP contribution in [0.3, 0.4) is 0 Å². The summed E-state index contributed by atoms with van der Waals surface area (Å²) < 4.78 is 1.99. The van der Waals surface area contributed by atoms with Gasteiger partial charge in [0.25, 0.3) is 0 Å². The lowest BCUT2D eigenvalue weighted by molar-refractivity contribution is -0.115. The largest absolute Gasteiger partial charge is 0.325 e. The average Bonchev–Trinajstić information content (AvgIpc) is 3.18. The van der Waals surface area contributed by atoms with E-state index in [1.807, 2.05) is 85.1 Å². The maximum Gasteiger partial charge on any atom is 0.237 e. The lowest BCUT2D eigenvalue weighted by Gasteiger charge is -2.15. The number of hydrogen-bond donors (Lipinski definition) is 1. The number of nitrogens with zero attached hydrogens (tertiary/aromatic N) is 4. The van der Waals surface area contributed by atoms with Gasteiger partial charge >= 0.3 is 0 Å². The molecule has 4 rings (SSSR count). The molecule has 0 aliphatic carbocycles. The van der Waals surface area contributed by atoms with Crippen LogP contribution in [0.15, 0.2) is 84.3 Å². The van der Waals surface area contributed by atoms with E-state index in [0.29, 0.717) is 11.0 Å². The molecule has 0 saturated carbocycles. The minimum Gasteiger partial charge on any atom is -0.325 e. The van der Waals surface area contributed by atoms with E-state index in [1.165, 1.54) is 11.8 Å². The van der Waals surface area contributed by atoms with Gasteiger partial charge in [-0.2, -0.15) is 0 Å². The Kier molecular flexibility index (Phi) is 5.90. The fourth-order valence-electron chi connectivity index (χ4n) is 3.04. The van der Waals surface area contributed by atoms with E-state index in [1.54, 1.807) is 12.4 Å². The molecule has 2 aromatic carbocycles. The third-order valence-electron chi connectivity index (χ3n) is 4.60. The summed E-state index contributed by atoms with van der Waals surface area (Å²) in [5, 5.41) is 12.1. The summed E-state index contributed by atoms with van der Waals surface area (Å²) in [6.07, 6.45) is 3.49. The molecule has 1 amide bonds. The Hall–Kier alpha value is -3.45. The average molecular weight is 416 g/mol. The second-order valence-corrected chi connectivity index (χ2v) is 8.09. The van der Waals surface area contributed by atoms with Crippen LogP contribution in [0.4, 0.5) is 5.69 Å². The minimum absolute atomic E-state index is 0.0894. The Labute approximate surface area is 179 Å². The Balaban J connectivity index is 1.67. The van der Waals surface area contributed by atoms with E-state index in [2.05, 4.69) is 20.5 Å². The molecule has 0 spiro atoms. The SMILES string of the molecule is Cc1ccccc1-n1c(S[C@@H](C)C(=O)Nc2ccccc2)nnc1-c1cccnc1. The Bertz CT molecular complexity index is 1140. The first-order valence-electron chi connectivity index (χ1n) is 9.58. The van der Waals surface area contributed by atoms with E-state index in [9.17, 15) is 4.79 Å². The highest BCUT2D eigenvalue weighted by atomic mass is 32.2. The molecule has 150 valence electrons. The van der Waals surface area contributed by atoms with E-state index in [-0.39, 0.29) is 11.2 Å². The van der Waals surface area contributed by atoms with Crippen LogP contribution in [0, 0.1) is 6.92 Å². The number of hydrogen-bond acceptors (Lipinski definition) is 5. The van der Waals surface area contributed by atoms with Crippen LogP contribution in [0.25, 0.3) is 17.1 Å². The number of anilines is 1. The van der Waals surface area contributed by atoms with Gasteiger partial charge in [-0.25, -0.2) is 0 Å². The Morgan fingerprint density at radius 1 is 1.00 bits per heavy atom. The molecule has 1 atom stereocenters. The van der Waals surface area contributed by atoms with Gasteiger partial charge in [0.2, 0.25) is 5.91 Å². The van der Waals surface area contributed by atoms with E-state index in [4.69, 9.17) is 0 Å². The molecule has 1 N–H and O–H groups in total. The van der Waals surface area contributed by atoms with Gasteiger partial charge in [-0.05, 0) is 49.7 Å².